The second-order valence-corrected chi connectivity index (χ2v) is 11.8. The van der Waals surface area contributed by atoms with E-state index in [-0.39, 0.29) is 6.10 Å². The highest BCUT2D eigenvalue weighted by Gasteiger charge is 2.58. The molecule has 28 heavy (non-hydrogen) atoms. The first-order valence-electron chi connectivity index (χ1n) is 12.3. The zero-order valence-electron chi connectivity index (χ0n) is 19.1. The van der Waals surface area contributed by atoms with Crippen LogP contribution >= 0.6 is 0 Å². The van der Waals surface area contributed by atoms with Gasteiger partial charge in [-0.15, -0.1) is 0 Å². The molecule has 0 spiro atoms. The fraction of sp³-hybridized carbons (Fsp3) is 0.852. The van der Waals surface area contributed by atoms with E-state index in [0.29, 0.717) is 10.8 Å². The first-order chi connectivity index (χ1) is 13.3. The van der Waals surface area contributed by atoms with Crippen LogP contribution < -0.4 is 0 Å². The van der Waals surface area contributed by atoms with Crippen molar-refractivity contribution in [3.05, 3.63) is 23.8 Å². The van der Waals surface area contributed by atoms with Crippen molar-refractivity contribution >= 4 is 0 Å². The topological polar surface area (TPSA) is 20.2 Å². The summed E-state index contributed by atoms with van der Waals surface area (Å²) in [6.07, 6.45) is 18.9. The lowest BCUT2D eigenvalue weighted by atomic mass is 9.47. The molecule has 1 heteroatoms. The monoisotopic (exact) mass is 384 g/mol. The molecular formula is C27H44O. The molecule has 0 radical (unpaired) electrons. The number of hydrogen-bond acceptors (Lipinski definition) is 1. The first kappa shape index (κ1) is 20.7. The molecular weight excluding hydrogens is 340 g/mol. The molecule has 4 aliphatic rings. The number of aliphatic hydroxyl groups excluding tert-OH is 1. The van der Waals surface area contributed by atoms with Crippen LogP contribution in [0.1, 0.15) is 92.4 Å². The van der Waals surface area contributed by atoms with Crippen molar-refractivity contribution < 1.29 is 5.11 Å². The Hall–Kier alpha value is -0.560. The van der Waals surface area contributed by atoms with Crippen LogP contribution in [0.4, 0.5) is 0 Å². The van der Waals surface area contributed by atoms with Crippen LogP contribution in [0.3, 0.4) is 0 Å². The van der Waals surface area contributed by atoms with Crippen molar-refractivity contribution in [1.82, 2.24) is 0 Å². The zero-order valence-corrected chi connectivity index (χ0v) is 19.1. The van der Waals surface area contributed by atoms with Crippen LogP contribution in [0, 0.1) is 46.3 Å². The van der Waals surface area contributed by atoms with Gasteiger partial charge in [0.1, 0.15) is 0 Å². The molecule has 0 heterocycles. The van der Waals surface area contributed by atoms with Crippen molar-refractivity contribution in [2.24, 2.45) is 46.3 Å². The predicted molar refractivity (Wildman–Crippen MR) is 119 cm³/mol. The Morgan fingerprint density at radius 1 is 1.07 bits per heavy atom. The molecule has 158 valence electrons. The molecule has 3 fully saturated rings. The molecule has 4 aliphatic carbocycles. The molecule has 8 atom stereocenters. The summed E-state index contributed by atoms with van der Waals surface area (Å²) in [5, 5.41) is 10.2. The van der Waals surface area contributed by atoms with E-state index in [9.17, 15) is 5.11 Å². The lowest BCUT2D eigenvalue weighted by molar-refractivity contribution is -0.0540. The van der Waals surface area contributed by atoms with Crippen molar-refractivity contribution in [2.75, 3.05) is 0 Å². The summed E-state index contributed by atoms with van der Waals surface area (Å²) in [7, 11) is 0. The molecule has 0 unspecified atom stereocenters. The third-order valence-electron chi connectivity index (χ3n) is 9.83. The standard InChI is InChI=1S/C27H44O/c1-18(2)7-6-8-19(3)23-11-12-24-22-10-9-20-17-21(28)13-15-26(20,4)25(22)14-16-27(23,24)5/h6,8-9,18-19,21-25,28H,7,10-17H2,1-5H3/b8-6+/t19-,21-,22+,23-,24+,25+,26+,27-/m1/s1. The Balaban J connectivity index is 1.53. The van der Waals surface area contributed by atoms with E-state index in [2.05, 4.69) is 52.8 Å². The fourth-order valence-electron chi connectivity index (χ4n) is 8.25. The maximum absolute atomic E-state index is 10.2. The van der Waals surface area contributed by atoms with Gasteiger partial charge in [-0.1, -0.05) is 58.4 Å². The van der Waals surface area contributed by atoms with Crippen LogP contribution in [-0.2, 0) is 0 Å². The maximum atomic E-state index is 10.2. The molecule has 1 nitrogen and oxygen atoms in total. The van der Waals surface area contributed by atoms with Crippen LogP contribution in [-0.4, -0.2) is 11.2 Å². The van der Waals surface area contributed by atoms with E-state index in [0.717, 1.165) is 48.3 Å². The van der Waals surface area contributed by atoms with E-state index in [1.807, 2.05) is 0 Å². The minimum atomic E-state index is -0.0842. The molecule has 0 aromatic heterocycles. The molecule has 1 N–H and O–H groups in total. The van der Waals surface area contributed by atoms with Crippen LogP contribution in [0.25, 0.3) is 0 Å². The first-order valence-corrected chi connectivity index (χ1v) is 12.3. The van der Waals surface area contributed by atoms with Gasteiger partial charge in [0.15, 0.2) is 0 Å². The quantitative estimate of drug-likeness (QED) is 0.510. The molecule has 4 rings (SSSR count). The van der Waals surface area contributed by atoms with Gasteiger partial charge in [-0.2, -0.15) is 0 Å². The lowest BCUT2D eigenvalue weighted by Gasteiger charge is -2.58. The van der Waals surface area contributed by atoms with E-state index < -0.39 is 0 Å². The Bertz CT molecular complexity index is 630. The third kappa shape index (κ3) is 3.34. The van der Waals surface area contributed by atoms with Crippen molar-refractivity contribution in [3.8, 4) is 0 Å². The zero-order chi connectivity index (χ0) is 20.1. The van der Waals surface area contributed by atoms with Gasteiger partial charge in [-0.3, -0.25) is 0 Å². The number of aliphatic hydroxyl groups is 1. The highest BCUT2D eigenvalue weighted by atomic mass is 16.3. The molecule has 3 saturated carbocycles. The van der Waals surface area contributed by atoms with Gasteiger partial charge in [0.05, 0.1) is 6.10 Å². The van der Waals surface area contributed by atoms with Crippen molar-refractivity contribution in [3.63, 3.8) is 0 Å². The van der Waals surface area contributed by atoms with E-state index in [4.69, 9.17) is 0 Å². The minimum Gasteiger partial charge on any atom is -0.393 e. The highest BCUT2D eigenvalue weighted by molar-refractivity contribution is 5.25. The fourth-order valence-corrected chi connectivity index (χ4v) is 8.25. The summed E-state index contributed by atoms with van der Waals surface area (Å²) < 4.78 is 0. The van der Waals surface area contributed by atoms with Crippen LogP contribution in [0.15, 0.2) is 23.8 Å². The van der Waals surface area contributed by atoms with Gasteiger partial charge in [0.2, 0.25) is 0 Å². The summed E-state index contributed by atoms with van der Waals surface area (Å²) in [5.74, 6) is 5.03. The maximum Gasteiger partial charge on any atom is 0.0577 e. The number of fused-ring (bicyclic) bond motifs is 5. The molecule has 0 aromatic carbocycles. The second-order valence-electron chi connectivity index (χ2n) is 11.8. The highest BCUT2D eigenvalue weighted by Crippen LogP contribution is 2.67. The Labute approximate surface area is 174 Å². The van der Waals surface area contributed by atoms with Crippen molar-refractivity contribution in [2.45, 2.75) is 98.5 Å². The van der Waals surface area contributed by atoms with Gasteiger partial charge in [-0.25, -0.2) is 0 Å². The Morgan fingerprint density at radius 2 is 1.86 bits per heavy atom. The summed E-state index contributed by atoms with van der Waals surface area (Å²) in [5.41, 5.74) is 2.53. The van der Waals surface area contributed by atoms with Gasteiger partial charge >= 0.3 is 0 Å². The van der Waals surface area contributed by atoms with Crippen molar-refractivity contribution in [1.29, 1.82) is 0 Å². The molecule has 0 saturated heterocycles. The lowest BCUT2D eigenvalue weighted by Crippen LogP contribution is -2.50. The average Bonchev–Trinajstić information content (AvgIpc) is 2.99. The minimum absolute atomic E-state index is 0.0842. The Morgan fingerprint density at radius 3 is 2.61 bits per heavy atom. The average molecular weight is 385 g/mol. The number of rotatable bonds is 4. The summed E-state index contributed by atoms with van der Waals surface area (Å²) in [6.45, 7) is 12.3. The third-order valence-corrected chi connectivity index (χ3v) is 9.83. The summed E-state index contributed by atoms with van der Waals surface area (Å²) in [4.78, 5) is 0. The molecule has 0 bridgehead atoms. The van der Waals surface area contributed by atoms with Gasteiger partial charge in [0, 0.05) is 0 Å². The van der Waals surface area contributed by atoms with E-state index in [1.165, 1.54) is 44.9 Å². The van der Waals surface area contributed by atoms with Crippen LogP contribution in [0.5, 0.6) is 0 Å². The molecule has 0 aromatic rings. The smallest absolute Gasteiger partial charge is 0.0577 e. The molecule has 0 amide bonds. The van der Waals surface area contributed by atoms with Gasteiger partial charge in [-0.05, 0) is 104 Å². The molecule has 0 aliphatic heterocycles. The summed E-state index contributed by atoms with van der Waals surface area (Å²) in [6, 6.07) is 0. The van der Waals surface area contributed by atoms with E-state index >= 15 is 0 Å². The largest absolute Gasteiger partial charge is 0.393 e. The number of allylic oxidation sites excluding steroid dienone is 3. The second kappa shape index (κ2) is 7.60. The Kier molecular flexibility index (Phi) is 5.62. The van der Waals surface area contributed by atoms with Crippen LogP contribution in [0.2, 0.25) is 0 Å². The SMILES string of the molecule is CC(C)C/C=C/[C@@H](C)[C@H]1CC[C@H]2[C@@H]3CC=C4C[C@H](O)CC[C@]4(C)[C@H]3CC[C@]12C. The van der Waals surface area contributed by atoms with Gasteiger partial charge in [0.25, 0.3) is 0 Å². The summed E-state index contributed by atoms with van der Waals surface area (Å²) >= 11 is 0. The number of hydrogen-bond donors (Lipinski definition) is 1. The predicted octanol–water partition coefficient (Wildman–Crippen LogP) is 7.16. The van der Waals surface area contributed by atoms with E-state index in [1.54, 1.807) is 5.57 Å². The normalized spacial score (nSPS) is 46.8. The van der Waals surface area contributed by atoms with Gasteiger partial charge < -0.3 is 5.11 Å².